The number of nitrogens with one attached hydrogen (secondary N) is 1. The van der Waals surface area contributed by atoms with Gasteiger partial charge in [-0.05, 0) is 38.5 Å². The molecule has 0 bridgehead atoms. The summed E-state index contributed by atoms with van der Waals surface area (Å²) >= 11 is 0. The average molecular weight is 241 g/mol. The molecule has 1 aliphatic rings. The number of hydrogen-bond acceptors (Lipinski definition) is 2. The van der Waals surface area contributed by atoms with Crippen molar-refractivity contribution >= 4 is 11.7 Å². The number of amides is 1. The number of rotatable bonds is 3. The van der Waals surface area contributed by atoms with Crippen LogP contribution in [0.25, 0.3) is 0 Å². The van der Waals surface area contributed by atoms with Gasteiger partial charge in [0.15, 0.2) is 0 Å². The molecule has 0 aromatic carbocycles. The Balaban J connectivity index is 0.000000557. The fourth-order valence-corrected chi connectivity index (χ4v) is 2.27. The molecule has 0 aromatic rings. The molecule has 1 fully saturated rings. The Morgan fingerprint density at radius 1 is 1.06 bits per heavy atom. The minimum atomic E-state index is 0.110. The van der Waals surface area contributed by atoms with Crippen molar-refractivity contribution in [2.45, 2.75) is 66.2 Å². The fourth-order valence-electron chi connectivity index (χ4n) is 2.27. The maximum absolute atomic E-state index is 10.8. The van der Waals surface area contributed by atoms with Crippen LogP contribution in [0.4, 0.5) is 0 Å². The van der Waals surface area contributed by atoms with Crippen molar-refractivity contribution in [3.05, 3.63) is 0 Å². The third kappa shape index (κ3) is 7.94. The first kappa shape index (κ1) is 16.1. The Kier molecular flexibility index (Phi) is 7.85. The van der Waals surface area contributed by atoms with Gasteiger partial charge in [-0.25, -0.2) is 0 Å². The van der Waals surface area contributed by atoms with E-state index >= 15 is 0 Å². The van der Waals surface area contributed by atoms with E-state index in [2.05, 4.69) is 12.2 Å². The van der Waals surface area contributed by atoms with Gasteiger partial charge in [-0.2, -0.15) is 0 Å². The summed E-state index contributed by atoms with van der Waals surface area (Å²) in [4.78, 5) is 20.3. The van der Waals surface area contributed by atoms with Crippen LogP contribution in [-0.2, 0) is 9.59 Å². The van der Waals surface area contributed by atoms with Crippen LogP contribution in [0, 0.1) is 5.41 Å². The number of carbonyl (C=O) groups is 2. The van der Waals surface area contributed by atoms with Crippen molar-refractivity contribution in [1.29, 1.82) is 0 Å². The van der Waals surface area contributed by atoms with Gasteiger partial charge < -0.3 is 10.1 Å². The maximum atomic E-state index is 10.8. The Morgan fingerprint density at radius 2 is 1.53 bits per heavy atom. The van der Waals surface area contributed by atoms with E-state index in [9.17, 15) is 9.59 Å². The molecule has 0 aliphatic heterocycles. The van der Waals surface area contributed by atoms with E-state index in [0.29, 0.717) is 5.41 Å². The monoisotopic (exact) mass is 241 g/mol. The lowest BCUT2D eigenvalue weighted by Crippen LogP contribution is -2.37. The highest BCUT2D eigenvalue weighted by atomic mass is 16.1. The van der Waals surface area contributed by atoms with Crippen molar-refractivity contribution in [3.8, 4) is 0 Å². The van der Waals surface area contributed by atoms with Crippen molar-refractivity contribution < 1.29 is 9.59 Å². The van der Waals surface area contributed by atoms with Gasteiger partial charge in [0.1, 0.15) is 5.78 Å². The van der Waals surface area contributed by atoms with Crippen LogP contribution >= 0.6 is 0 Å². The largest absolute Gasteiger partial charge is 0.356 e. The Bertz CT molecular complexity index is 239. The van der Waals surface area contributed by atoms with E-state index in [1.54, 1.807) is 6.92 Å². The molecule has 1 amide bonds. The SMILES string of the molecule is CC(C)=O.CCC1(CNC(C)=O)CCCCC1. The highest BCUT2D eigenvalue weighted by molar-refractivity contribution is 5.72. The lowest BCUT2D eigenvalue weighted by molar-refractivity contribution is -0.119. The lowest BCUT2D eigenvalue weighted by atomic mass is 9.72. The second-order valence-corrected chi connectivity index (χ2v) is 5.23. The molecule has 0 unspecified atom stereocenters. The third-order valence-electron chi connectivity index (χ3n) is 3.38. The molecule has 3 nitrogen and oxygen atoms in total. The number of carbonyl (C=O) groups excluding carboxylic acids is 2. The summed E-state index contributed by atoms with van der Waals surface area (Å²) in [5.41, 5.74) is 0.421. The average Bonchev–Trinajstić information content (AvgIpc) is 2.27. The van der Waals surface area contributed by atoms with Crippen molar-refractivity contribution in [2.24, 2.45) is 5.41 Å². The smallest absolute Gasteiger partial charge is 0.216 e. The second kappa shape index (κ2) is 8.26. The molecule has 100 valence electrons. The van der Waals surface area contributed by atoms with Crippen LogP contribution in [-0.4, -0.2) is 18.2 Å². The molecule has 1 rings (SSSR count). The summed E-state index contributed by atoms with van der Waals surface area (Å²) in [7, 11) is 0. The van der Waals surface area contributed by atoms with E-state index in [-0.39, 0.29) is 11.7 Å². The van der Waals surface area contributed by atoms with Crippen molar-refractivity contribution in [2.75, 3.05) is 6.54 Å². The summed E-state index contributed by atoms with van der Waals surface area (Å²) in [6, 6.07) is 0. The van der Waals surface area contributed by atoms with Gasteiger partial charge in [0.25, 0.3) is 0 Å². The quantitative estimate of drug-likeness (QED) is 0.825. The van der Waals surface area contributed by atoms with Crippen LogP contribution in [0.3, 0.4) is 0 Å². The highest BCUT2D eigenvalue weighted by Crippen LogP contribution is 2.38. The Morgan fingerprint density at radius 3 is 1.88 bits per heavy atom. The van der Waals surface area contributed by atoms with Gasteiger partial charge in [-0.1, -0.05) is 26.2 Å². The molecule has 0 aromatic heterocycles. The summed E-state index contributed by atoms with van der Waals surface area (Å²) in [5.74, 6) is 0.276. The van der Waals surface area contributed by atoms with Gasteiger partial charge in [0.2, 0.25) is 5.91 Å². The van der Waals surface area contributed by atoms with E-state index in [1.165, 1.54) is 52.4 Å². The minimum Gasteiger partial charge on any atom is -0.356 e. The summed E-state index contributed by atoms with van der Waals surface area (Å²) in [6.07, 6.45) is 7.85. The molecule has 1 aliphatic carbocycles. The molecular weight excluding hydrogens is 214 g/mol. The Hall–Kier alpha value is -0.860. The fraction of sp³-hybridized carbons (Fsp3) is 0.857. The zero-order valence-electron chi connectivity index (χ0n) is 11.8. The van der Waals surface area contributed by atoms with E-state index < -0.39 is 0 Å². The topological polar surface area (TPSA) is 46.2 Å². The van der Waals surface area contributed by atoms with Crippen LogP contribution in [0.2, 0.25) is 0 Å². The van der Waals surface area contributed by atoms with E-state index in [4.69, 9.17) is 0 Å². The molecule has 1 N–H and O–H groups in total. The molecule has 17 heavy (non-hydrogen) atoms. The predicted molar refractivity (Wildman–Crippen MR) is 70.8 cm³/mol. The first-order valence-electron chi connectivity index (χ1n) is 6.63. The van der Waals surface area contributed by atoms with Crippen molar-refractivity contribution in [1.82, 2.24) is 5.32 Å². The minimum absolute atomic E-state index is 0.110. The van der Waals surface area contributed by atoms with Crippen LogP contribution in [0.1, 0.15) is 66.2 Å². The van der Waals surface area contributed by atoms with E-state index in [0.717, 1.165) is 6.54 Å². The van der Waals surface area contributed by atoms with Gasteiger partial charge in [-0.3, -0.25) is 4.79 Å². The molecule has 0 atom stereocenters. The van der Waals surface area contributed by atoms with Crippen LogP contribution in [0.15, 0.2) is 0 Å². The maximum Gasteiger partial charge on any atom is 0.216 e. The molecular formula is C14H27NO2. The number of hydrogen-bond donors (Lipinski definition) is 1. The number of ketones is 1. The molecule has 3 heteroatoms. The molecule has 1 saturated carbocycles. The predicted octanol–water partition coefficient (Wildman–Crippen LogP) is 3.08. The second-order valence-electron chi connectivity index (χ2n) is 5.23. The Labute approximate surface area is 105 Å². The van der Waals surface area contributed by atoms with Crippen LogP contribution < -0.4 is 5.32 Å². The van der Waals surface area contributed by atoms with Crippen LogP contribution in [0.5, 0.6) is 0 Å². The van der Waals surface area contributed by atoms with Crippen molar-refractivity contribution in [3.63, 3.8) is 0 Å². The summed E-state index contributed by atoms with van der Waals surface area (Å²) in [6.45, 7) is 7.79. The van der Waals surface area contributed by atoms with E-state index in [1.807, 2.05) is 0 Å². The molecule has 0 radical (unpaired) electrons. The third-order valence-corrected chi connectivity index (χ3v) is 3.38. The molecule has 0 spiro atoms. The standard InChI is InChI=1S/C11H21NO.C3H6O/c1-3-11(9-12-10(2)13)7-5-4-6-8-11;1-3(2)4/h3-9H2,1-2H3,(H,12,13);1-2H3. The molecule has 0 heterocycles. The first-order chi connectivity index (χ1) is 7.92. The zero-order valence-corrected chi connectivity index (χ0v) is 11.8. The summed E-state index contributed by atoms with van der Waals surface area (Å²) in [5, 5.41) is 2.97. The van der Waals surface area contributed by atoms with Gasteiger partial charge in [-0.15, -0.1) is 0 Å². The normalized spacial score (nSPS) is 17.6. The summed E-state index contributed by atoms with van der Waals surface area (Å²) < 4.78 is 0. The van der Waals surface area contributed by atoms with Gasteiger partial charge in [0, 0.05) is 13.5 Å². The zero-order chi connectivity index (χ0) is 13.3. The number of Topliss-reactive ketones (excluding diaryl/α,β-unsaturated/α-hetero) is 1. The van der Waals surface area contributed by atoms with Gasteiger partial charge in [0.05, 0.1) is 0 Å². The highest BCUT2D eigenvalue weighted by Gasteiger charge is 2.29. The first-order valence-corrected chi connectivity index (χ1v) is 6.63. The van der Waals surface area contributed by atoms with Gasteiger partial charge >= 0.3 is 0 Å². The molecule has 0 saturated heterocycles. The lowest BCUT2D eigenvalue weighted by Gasteiger charge is -2.36.